The molecule has 1 rings (SSSR count). The minimum Gasteiger partial charge on any atom is -0.463 e. The average molecular weight is 290 g/mol. The van der Waals surface area contributed by atoms with E-state index in [4.69, 9.17) is 9.15 Å². The zero-order valence-corrected chi connectivity index (χ0v) is 11.3. The molecule has 1 N–H and O–H groups in total. The number of hydrogen-bond donors (Lipinski definition) is 1. The first-order valence-corrected chi connectivity index (χ1v) is 6.13. The minimum absolute atomic E-state index is 0.335. The molecule has 4 nitrogen and oxygen atoms in total. The number of furan rings is 1. The molecule has 0 saturated heterocycles. The van der Waals surface area contributed by atoms with E-state index < -0.39 is 11.7 Å². The number of carbonyl (C=O) groups is 1. The topological polar surface area (TPSA) is 51.5 Å². The van der Waals surface area contributed by atoms with Crippen LogP contribution in [0.15, 0.2) is 16.5 Å². The maximum atomic E-state index is 11.3. The van der Waals surface area contributed by atoms with Crippen LogP contribution < -0.4 is 5.32 Å². The molecule has 0 spiro atoms. The Morgan fingerprint density at radius 3 is 2.56 bits per heavy atom. The summed E-state index contributed by atoms with van der Waals surface area (Å²) >= 11 is 3.28. The summed E-state index contributed by atoms with van der Waals surface area (Å²) in [6.45, 7) is 5.80. The van der Waals surface area contributed by atoms with Crippen LogP contribution in [0.4, 0.5) is 4.79 Å². The lowest BCUT2D eigenvalue weighted by Gasteiger charge is -2.19. The van der Waals surface area contributed by atoms with Crippen molar-refractivity contribution in [2.24, 2.45) is 0 Å². The first kappa shape index (κ1) is 13.1. The van der Waals surface area contributed by atoms with Gasteiger partial charge < -0.3 is 14.5 Å². The van der Waals surface area contributed by atoms with Crippen molar-refractivity contribution < 1.29 is 13.9 Å². The van der Waals surface area contributed by atoms with Crippen molar-refractivity contribution >= 4 is 22.0 Å². The van der Waals surface area contributed by atoms with Gasteiger partial charge in [-0.1, -0.05) is 15.9 Å². The summed E-state index contributed by atoms with van der Waals surface area (Å²) in [5.74, 6) is 1.54. The number of ether oxygens (including phenoxy) is 1. The van der Waals surface area contributed by atoms with E-state index in [1.807, 2.05) is 32.9 Å². The number of hydrogen-bond acceptors (Lipinski definition) is 3. The van der Waals surface area contributed by atoms with Crippen LogP contribution in [0.1, 0.15) is 32.3 Å². The van der Waals surface area contributed by atoms with E-state index in [1.54, 1.807) is 0 Å². The lowest BCUT2D eigenvalue weighted by Crippen LogP contribution is -2.32. The summed E-state index contributed by atoms with van der Waals surface area (Å²) in [5.41, 5.74) is -0.478. The van der Waals surface area contributed by atoms with E-state index in [1.165, 1.54) is 0 Å². The van der Waals surface area contributed by atoms with Gasteiger partial charge in [0.25, 0.3) is 0 Å². The molecular formula is C11H16BrNO3. The molecule has 0 saturated carbocycles. The number of rotatable bonds is 3. The molecule has 0 aromatic carbocycles. The molecule has 16 heavy (non-hydrogen) atoms. The van der Waals surface area contributed by atoms with Gasteiger partial charge in [0, 0.05) is 0 Å². The van der Waals surface area contributed by atoms with Crippen LogP contribution in [0.5, 0.6) is 0 Å². The SMILES string of the molecule is CC(C)(C)OC(=O)NCc1ccc(CBr)o1. The maximum Gasteiger partial charge on any atom is 0.408 e. The van der Waals surface area contributed by atoms with E-state index in [0.29, 0.717) is 17.6 Å². The van der Waals surface area contributed by atoms with Gasteiger partial charge in [0.05, 0.1) is 11.9 Å². The Morgan fingerprint density at radius 1 is 1.44 bits per heavy atom. The largest absolute Gasteiger partial charge is 0.463 e. The Kier molecular flexibility index (Phi) is 4.41. The molecule has 1 aromatic heterocycles. The van der Waals surface area contributed by atoms with E-state index >= 15 is 0 Å². The number of halogens is 1. The summed E-state index contributed by atoms with van der Waals surface area (Å²) in [4.78, 5) is 11.3. The van der Waals surface area contributed by atoms with Gasteiger partial charge in [-0.05, 0) is 32.9 Å². The second-order valence-electron chi connectivity index (χ2n) is 4.36. The van der Waals surface area contributed by atoms with Gasteiger partial charge in [-0.25, -0.2) is 4.79 Å². The summed E-state index contributed by atoms with van der Waals surface area (Å²) in [5, 5.41) is 3.29. The van der Waals surface area contributed by atoms with Crippen LogP contribution in [0.25, 0.3) is 0 Å². The van der Waals surface area contributed by atoms with E-state index in [0.717, 1.165) is 5.76 Å². The van der Waals surface area contributed by atoms with Gasteiger partial charge in [-0.15, -0.1) is 0 Å². The Morgan fingerprint density at radius 2 is 2.06 bits per heavy atom. The Labute approximate surface area is 103 Å². The molecule has 0 radical (unpaired) electrons. The van der Waals surface area contributed by atoms with Crippen LogP contribution in [-0.4, -0.2) is 11.7 Å². The van der Waals surface area contributed by atoms with E-state index in [-0.39, 0.29) is 0 Å². The Bertz CT molecular complexity index is 354. The number of nitrogens with one attached hydrogen (secondary N) is 1. The average Bonchev–Trinajstić information content (AvgIpc) is 2.59. The third kappa shape index (κ3) is 4.70. The monoisotopic (exact) mass is 289 g/mol. The van der Waals surface area contributed by atoms with Crippen LogP contribution in [0, 0.1) is 0 Å². The molecule has 1 amide bonds. The zero-order chi connectivity index (χ0) is 12.2. The highest BCUT2D eigenvalue weighted by molar-refractivity contribution is 9.08. The lowest BCUT2D eigenvalue weighted by molar-refractivity contribution is 0.0519. The van der Waals surface area contributed by atoms with Crippen LogP contribution in [-0.2, 0) is 16.6 Å². The molecule has 0 fully saturated rings. The van der Waals surface area contributed by atoms with Gasteiger partial charge in [0.2, 0.25) is 0 Å². The molecule has 0 atom stereocenters. The second kappa shape index (κ2) is 5.39. The standard InChI is InChI=1S/C11H16BrNO3/c1-11(2,3)16-10(14)13-7-9-5-4-8(6-12)15-9/h4-5H,6-7H2,1-3H3,(H,13,14). The van der Waals surface area contributed by atoms with Crippen molar-refractivity contribution in [2.75, 3.05) is 0 Å². The first-order valence-electron chi connectivity index (χ1n) is 5.01. The highest BCUT2D eigenvalue weighted by Gasteiger charge is 2.15. The highest BCUT2D eigenvalue weighted by atomic mass is 79.9. The fourth-order valence-corrected chi connectivity index (χ4v) is 1.36. The van der Waals surface area contributed by atoms with Crippen molar-refractivity contribution in [1.82, 2.24) is 5.32 Å². The van der Waals surface area contributed by atoms with Gasteiger partial charge >= 0.3 is 6.09 Å². The third-order valence-corrected chi connectivity index (χ3v) is 2.21. The van der Waals surface area contributed by atoms with Crippen molar-refractivity contribution in [3.8, 4) is 0 Å². The Hall–Kier alpha value is -0.970. The third-order valence-electron chi connectivity index (χ3n) is 1.65. The molecule has 0 aliphatic heterocycles. The normalized spacial score (nSPS) is 11.2. The zero-order valence-electron chi connectivity index (χ0n) is 9.67. The molecule has 1 heterocycles. The number of alkyl halides is 1. The summed E-state index contributed by atoms with van der Waals surface area (Å²) < 4.78 is 10.5. The van der Waals surface area contributed by atoms with Crippen LogP contribution in [0.3, 0.4) is 0 Å². The van der Waals surface area contributed by atoms with Gasteiger partial charge in [0.1, 0.15) is 17.1 Å². The number of carbonyl (C=O) groups excluding carboxylic acids is 1. The Balaban J connectivity index is 2.37. The van der Waals surface area contributed by atoms with Crippen LogP contribution in [0.2, 0.25) is 0 Å². The molecule has 1 aromatic rings. The smallest absolute Gasteiger partial charge is 0.408 e. The molecule has 90 valence electrons. The van der Waals surface area contributed by atoms with E-state index in [9.17, 15) is 4.79 Å². The molecule has 5 heteroatoms. The fourth-order valence-electron chi connectivity index (χ4n) is 1.06. The first-order chi connectivity index (χ1) is 7.40. The van der Waals surface area contributed by atoms with Gasteiger partial charge in [-0.3, -0.25) is 0 Å². The maximum absolute atomic E-state index is 11.3. The van der Waals surface area contributed by atoms with Crippen molar-refractivity contribution in [3.63, 3.8) is 0 Å². The lowest BCUT2D eigenvalue weighted by atomic mass is 10.2. The predicted molar refractivity (Wildman–Crippen MR) is 64.4 cm³/mol. The number of alkyl carbamates (subject to hydrolysis) is 1. The molecule has 0 unspecified atom stereocenters. The predicted octanol–water partition coefficient (Wildman–Crippen LogP) is 3.20. The van der Waals surface area contributed by atoms with Crippen molar-refractivity contribution in [2.45, 2.75) is 38.2 Å². The van der Waals surface area contributed by atoms with E-state index in [2.05, 4.69) is 21.2 Å². The highest BCUT2D eigenvalue weighted by Crippen LogP contribution is 2.11. The van der Waals surface area contributed by atoms with Crippen molar-refractivity contribution in [3.05, 3.63) is 23.7 Å². The van der Waals surface area contributed by atoms with Gasteiger partial charge in [0.15, 0.2) is 0 Å². The summed E-state index contributed by atoms with van der Waals surface area (Å²) in [7, 11) is 0. The van der Waals surface area contributed by atoms with Gasteiger partial charge in [-0.2, -0.15) is 0 Å². The summed E-state index contributed by atoms with van der Waals surface area (Å²) in [6, 6.07) is 3.69. The molecule has 0 bridgehead atoms. The molecule has 0 aliphatic rings. The minimum atomic E-state index is -0.478. The fraction of sp³-hybridized carbons (Fsp3) is 0.545. The number of amides is 1. The molecular weight excluding hydrogens is 274 g/mol. The summed E-state index contributed by atoms with van der Waals surface area (Å²) in [6.07, 6.45) is -0.440. The van der Waals surface area contributed by atoms with Crippen molar-refractivity contribution in [1.29, 1.82) is 0 Å². The quantitative estimate of drug-likeness (QED) is 0.870. The second-order valence-corrected chi connectivity index (χ2v) is 4.92. The van der Waals surface area contributed by atoms with Crippen LogP contribution >= 0.6 is 15.9 Å². The molecule has 0 aliphatic carbocycles.